The Balaban J connectivity index is 1.83. The first-order valence-electron chi connectivity index (χ1n) is 7.80. The number of hydrogen-bond donors (Lipinski definition) is 0. The summed E-state index contributed by atoms with van der Waals surface area (Å²) in [5, 5.41) is 0. The highest BCUT2D eigenvalue weighted by Gasteiger charge is 2.24. The van der Waals surface area contributed by atoms with E-state index in [1.165, 1.54) is 12.8 Å². The number of amides is 1. The predicted octanol–water partition coefficient (Wildman–Crippen LogP) is 2.56. The lowest BCUT2D eigenvalue weighted by molar-refractivity contribution is -0.132. The van der Waals surface area contributed by atoms with Crippen molar-refractivity contribution in [2.45, 2.75) is 39.2 Å². The van der Waals surface area contributed by atoms with Crippen molar-refractivity contribution in [3.8, 4) is 0 Å². The zero-order chi connectivity index (χ0) is 14.4. The van der Waals surface area contributed by atoms with Crippen LogP contribution >= 0.6 is 0 Å². The summed E-state index contributed by atoms with van der Waals surface area (Å²) < 4.78 is 0. The van der Waals surface area contributed by atoms with Crippen LogP contribution < -0.4 is 0 Å². The van der Waals surface area contributed by atoms with E-state index in [0.717, 1.165) is 31.7 Å². The SMILES string of the molecule is CCC(CC)N1CCN(C(=O)Cc2ccccc2)CC1. The number of carbonyl (C=O) groups excluding carboxylic acids is 1. The molecule has 0 bridgehead atoms. The number of nitrogens with zero attached hydrogens (tertiary/aromatic N) is 2. The Kier molecular flexibility index (Phi) is 5.60. The van der Waals surface area contributed by atoms with E-state index in [9.17, 15) is 4.79 Å². The number of benzene rings is 1. The molecule has 2 rings (SSSR count). The quantitative estimate of drug-likeness (QED) is 0.824. The van der Waals surface area contributed by atoms with Crippen molar-refractivity contribution in [2.75, 3.05) is 26.2 Å². The van der Waals surface area contributed by atoms with E-state index in [-0.39, 0.29) is 5.91 Å². The standard InChI is InChI=1S/C17H26N2O/c1-3-16(4-2)18-10-12-19(13-11-18)17(20)14-15-8-6-5-7-9-15/h5-9,16H,3-4,10-14H2,1-2H3. The van der Waals surface area contributed by atoms with Crippen LogP contribution in [0.2, 0.25) is 0 Å². The fraction of sp³-hybridized carbons (Fsp3) is 0.588. The van der Waals surface area contributed by atoms with E-state index in [2.05, 4.69) is 18.7 Å². The summed E-state index contributed by atoms with van der Waals surface area (Å²) >= 11 is 0. The lowest BCUT2D eigenvalue weighted by Gasteiger charge is -2.38. The van der Waals surface area contributed by atoms with Crippen LogP contribution in [0.1, 0.15) is 32.3 Å². The topological polar surface area (TPSA) is 23.6 Å². The normalized spacial score (nSPS) is 16.6. The molecule has 0 aromatic heterocycles. The second-order valence-corrected chi connectivity index (χ2v) is 5.55. The van der Waals surface area contributed by atoms with Crippen LogP contribution in [0.5, 0.6) is 0 Å². The van der Waals surface area contributed by atoms with Crippen LogP contribution in [0.4, 0.5) is 0 Å². The van der Waals surface area contributed by atoms with Crippen molar-refractivity contribution in [1.29, 1.82) is 0 Å². The molecule has 1 aliphatic rings. The van der Waals surface area contributed by atoms with Gasteiger partial charge in [-0.25, -0.2) is 0 Å². The maximum absolute atomic E-state index is 12.3. The van der Waals surface area contributed by atoms with Gasteiger partial charge in [-0.2, -0.15) is 0 Å². The molecule has 110 valence electrons. The van der Waals surface area contributed by atoms with Crippen molar-refractivity contribution >= 4 is 5.91 Å². The molecule has 20 heavy (non-hydrogen) atoms. The average molecular weight is 274 g/mol. The molecule has 0 unspecified atom stereocenters. The van der Waals surface area contributed by atoms with Gasteiger partial charge in [-0.3, -0.25) is 9.69 Å². The third kappa shape index (κ3) is 3.83. The molecule has 0 atom stereocenters. The molecule has 1 aromatic carbocycles. The van der Waals surface area contributed by atoms with Crippen molar-refractivity contribution in [2.24, 2.45) is 0 Å². The molecule has 1 saturated heterocycles. The minimum Gasteiger partial charge on any atom is -0.340 e. The molecule has 0 saturated carbocycles. The number of hydrogen-bond acceptors (Lipinski definition) is 2. The molecule has 0 radical (unpaired) electrons. The smallest absolute Gasteiger partial charge is 0.227 e. The number of piperazine rings is 1. The molecule has 1 amide bonds. The summed E-state index contributed by atoms with van der Waals surface area (Å²) in [5.74, 6) is 0.264. The highest BCUT2D eigenvalue weighted by atomic mass is 16.2. The van der Waals surface area contributed by atoms with E-state index in [0.29, 0.717) is 12.5 Å². The lowest BCUT2D eigenvalue weighted by atomic mass is 10.1. The molecule has 0 N–H and O–H groups in total. The average Bonchev–Trinajstić information content (AvgIpc) is 2.50. The first-order valence-corrected chi connectivity index (χ1v) is 7.80. The number of carbonyl (C=O) groups is 1. The molecule has 1 aliphatic heterocycles. The summed E-state index contributed by atoms with van der Waals surface area (Å²) in [6, 6.07) is 10.7. The number of rotatable bonds is 5. The molecule has 1 aromatic rings. The van der Waals surface area contributed by atoms with Crippen LogP contribution in [0.3, 0.4) is 0 Å². The molecule has 0 spiro atoms. The first-order chi connectivity index (χ1) is 9.74. The van der Waals surface area contributed by atoms with Crippen LogP contribution in [0, 0.1) is 0 Å². The van der Waals surface area contributed by atoms with Crippen molar-refractivity contribution in [1.82, 2.24) is 9.80 Å². The Morgan fingerprint density at radius 3 is 2.20 bits per heavy atom. The van der Waals surface area contributed by atoms with Gasteiger partial charge in [0, 0.05) is 32.2 Å². The Morgan fingerprint density at radius 2 is 1.65 bits per heavy atom. The second-order valence-electron chi connectivity index (χ2n) is 5.55. The summed E-state index contributed by atoms with van der Waals surface area (Å²) in [4.78, 5) is 16.8. The molecule has 1 heterocycles. The third-order valence-electron chi connectivity index (χ3n) is 4.32. The van der Waals surface area contributed by atoms with Crippen molar-refractivity contribution in [3.05, 3.63) is 35.9 Å². The van der Waals surface area contributed by atoms with E-state index >= 15 is 0 Å². The van der Waals surface area contributed by atoms with Gasteiger partial charge in [-0.05, 0) is 18.4 Å². The highest BCUT2D eigenvalue weighted by Crippen LogP contribution is 2.13. The third-order valence-corrected chi connectivity index (χ3v) is 4.32. The molecule has 3 nitrogen and oxygen atoms in total. The lowest BCUT2D eigenvalue weighted by Crippen LogP contribution is -2.52. The minimum atomic E-state index is 0.264. The zero-order valence-corrected chi connectivity index (χ0v) is 12.7. The molecular weight excluding hydrogens is 248 g/mol. The van der Waals surface area contributed by atoms with E-state index < -0.39 is 0 Å². The monoisotopic (exact) mass is 274 g/mol. The Morgan fingerprint density at radius 1 is 1.05 bits per heavy atom. The van der Waals surface area contributed by atoms with Crippen LogP contribution in [0.15, 0.2) is 30.3 Å². The fourth-order valence-electron chi connectivity index (χ4n) is 3.02. The summed E-state index contributed by atoms with van der Waals surface area (Å²) in [6.45, 7) is 8.30. The van der Waals surface area contributed by atoms with Gasteiger partial charge in [-0.15, -0.1) is 0 Å². The summed E-state index contributed by atoms with van der Waals surface area (Å²) in [7, 11) is 0. The predicted molar refractivity (Wildman–Crippen MR) is 82.7 cm³/mol. The molecule has 0 aliphatic carbocycles. The Bertz CT molecular complexity index is 406. The van der Waals surface area contributed by atoms with Gasteiger partial charge in [0.2, 0.25) is 5.91 Å². The molecule has 1 fully saturated rings. The second kappa shape index (κ2) is 7.44. The zero-order valence-electron chi connectivity index (χ0n) is 12.7. The van der Waals surface area contributed by atoms with Gasteiger partial charge in [0.1, 0.15) is 0 Å². The van der Waals surface area contributed by atoms with Gasteiger partial charge < -0.3 is 4.90 Å². The van der Waals surface area contributed by atoms with Crippen molar-refractivity contribution in [3.63, 3.8) is 0 Å². The van der Waals surface area contributed by atoms with E-state index in [1.54, 1.807) is 0 Å². The summed E-state index contributed by atoms with van der Waals surface area (Å²) in [6.07, 6.45) is 2.94. The van der Waals surface area contributed by atoms with Crippen LogP contribution in [0.25, 0.3) is 0 Å². The largest absolute Gasteiger partial charge is 0.340 e. The Hall–Kier alpha value is -1.35. The van der Waals surface area contributed by atoms with Crippen LogP contribution in [-0.2, 0) is 11.2 Å². The van der Waals surface area contributed by atoms with Gasteiger partial charge in [-0.1, -0.05) is 44.2 Å². The van der Waals surface area contributed by atoms with E-state index in [1.807, 2.05) is 35.2 Å². The molecular formula is C17H26N2O. The maximum Gasteiger partial charge on any atom is 0.227 e. The van der Waals surface area contributed by atoms with Gasteiger partial charge >= 0.3 is 0 Å². The maximum atomic E-state index is 12.3. The highest BCUT2D eigenvalue weighted by molar-refractivity contribution is 5.78. The Labute approximate surface area is 122 Å². The van der Waals surface area contributed by atoms with Gasteiger partial charge in [0.15, 0.2) is 0 Å². The minimum absolute atomic E-state index is 0.264. The van der Waals surface area contributed by atoms with Gasteiger partial charge in [0.25, 0.3) is 0 Å². The van der Waals surface area contributed by atoms with Gasteiger partial charge in [0.05, 0.1) is 6.42 Å². The van der Waals surface area contributed by atoms with Crippen molar-refractivity contribution < 1.29 is 4.79 Å². The molecule has 3 heteroatoms. The van der Waals surface area contributed by atoms with Crippen LogP contribution in [-0.4, -0.2) is 47.9 Å². The fourth-order valence-corrected chi connectivity index (χ4v) is 3.02. The summed E-state index contributed by atoms with van der Waals surface area (Å²) in [5.41, 5.74) is 1.11. The first kappa shape index (κ1) is 15.0. The van der Waals surface area contributed by atoms with E-state index in [4.69, 9.17) is 0 Å².